The first-order valence-corrected chi connectivity index (χ1v) is 6.55. The summed E-state index contributed by atoms with van der Waals surface area (Å²) in [6, 6.07) is 3.96. The summed E-state index contributed by atoms with van der Waals surface area (Å²) in [6.45, 7) is 6.08. The molecule has 0 saturated heterocycles. The standard InChI is InChI=1S/C14H15ClN2O/c1-7-6-10(7)11-4-5-12(18-11)14-16-9(3)8(2)13(15)17-14/h4-5,7,10H,6H2,1-3H3. The third-order valence-electron chi connectivity index (χ3n) is 3.65. The molecule has 0 aliphatic heterocycles. The normalized spacial score (nSPS) is 22.2. The first kappa shape index (κ1) is 11.7. The molecule has 2 atom stereocenters. The average molecular weight is 263 g/mol. The van der Waals surface area contributed by atoms with Crippen molar-refractivity contribution in [2.24, 2.45) is 5.92 Å². The lowest BCUT2D eigenvalue weighted by Gasteiger charge is -2.03. The quantitative estimate of drug-likeness (QED) is 0.764. The van der Waals surface area contributed by atoms with Crippen LogP contribution in [0, 0.1) is 19.8 Å². The van der Waals surface area contributed by atoms with Crippen molar-refractivity contribution in [1.82, 2.24) is 9.97 Å². The van der Waals surface area contributed by atoms with Crippen molar-refractivity contribution in [2.45, 2.75) is 33.1 Å². The summed E-state index contributed by atoms with van der Waals surface area (Å²) >= 11 is 6.08. The highest BCUT2D eigenvalue weighted by Crippen LogP contribution is 2.47. The molecule has 0 aromatic carbocycles. The van der Waals surface area contributed by atoms with Crippen molar-refractivity contribution in [2.75, 3.05) is 0 Å². The fourth-order valence-electron chi connectivity index (χ4n) is 2.09. The predicted molar refractivity (Wildman–Crippen MR) is 70.7 cm³/mol. The second-order valence-corrected chi connectivity index (χ2v) is 5.43. The van der Waals surface area contributed by atoms with Crippen LogP contribution < -0.4 is 0 Å². The summed E-state index contributed by atoms with van der Waals surface area (Å²) in [7, 11) is 0. The van der Waals surface area contributed by atoms with Crippen LogP contribution in [0.4, 0.5) is 0 Å². The van der Waals surface area contributed by atoms with Gasteiger partial charge in [-0.1, -0.05) is 18.5 Å². The van der Waals surface area contributed by atoms with Crippen molar-refractivity contribution in [3.63, 3.8) is 0 Å². The molecule has 0 spiro atoms. The molecule has 0 bridgehead atoms. The van der Waals surface area contributed by atoms with Gasteiger partial charge in [0.25, 0.3) is 0 Å². The van der Waals surface area contributed by atoms with Crippen molar-refractivity contribution < 1.29 is 4.42 Å². The molecule has 1 aliphatic carbocycles. The summed E-state index contributed by atoms with van der Waals surface area (Å²) in [6.07, 6.45) is 1.21. The van der Waals surface area contributed by atoms with E-state index >= 15 is 0 Å². The number of aromatic nitrogens is 2. The molecule has 0 N–H and O–H groups in total. The smallest absolute Gasteiger partial charge is 0.197 e. The summed E-state index contributed by atoms with van der Waals surface area (Å²) in [5.74, 6) is 3.61. The average Bonchev–Trinajstić information content (AvgIpc) is 2.89. The minimum Gasteiger partial charge on any atom is -0.457 e. The van der Waals surface area contributed by atoms with Crippen LogP contribution in [0.2, 0.25) is 5.15 Å². The highest BCUT2D eigenvalue weighted by Gasteiger charge is 2.36. The predicted octanol–water partition coefficient (Wildman–Crippen LogP) is 4.13. The third-order valence-corrected chi connectivity index (χ3v) is 4.02. The fraction of sp³-hybridized carbons (Fsp3) is 0.429. The molecule has 2 heterocycles. The summed E-state index contributed by atoms with van der Waals surface area (Å²) in [5.41, 5.74) is 1.81. The molecular formula is C14H15ClN2O. The van der Waals surface area contributed by atoms with Gasteiger partial charge in [-0.05, 0) is 38.3 Å². The SMILES string of the molecule is Cc1nc(-c2ccc(C3CC3C)o2)nc(Cl)c1C. The molecule has 1 saturated carbocycles. The zero-order chi connectivity index (χ0) is 12.9. The van der Waals surface area contributed by atoms with E-state index in [-0.39, 0.29) is 0 Å². The summed E-state index contributed by atoms with van der Waals surface area (Å²) < 4.78 is 5.83. The molecule has 0 radical (unpaired) electrons. The first-order valence-electron chi connectivity index (χ1n) is 6.17. The van der Waals surface area contributed by atoms with Gasteiger partial charge < -0.3 is 4.42 Å². The van der Waals surface area contributed by atoms with E-state index in [1.165, 1.54) is 6.42 Å². The minimum absolute atomic E-state index is 0.496. The van der Waals surface area contributed by atoms with E-state index in [0.29, 0.717) is 22.7 Å². The highest BCUT2D eigenvalue weighted by molar-refractivity contribution is 6.30. The van der Waals surface area contributed by atoms with E-state index in [4.69, 9.17) is 16.0 Å². The highest BCUT2D eigenvalue weighted by atomic mass is 35.5. The maximum Gasteiger partial charge on any atom is 0.197 e. The van der Waals surface area contributed by atoms with Gasteiger partial charge in [0.2, 0.25) is 0 Å². The Hall–Kier alpha value is -1.35. The molecule has 1 aliphatic rings. The molecular weight excluding hydrogens is 248 g/mol. The second-order valence-electron chi connectivity index (χ2n) is 5.07. The minimum atomic E-state index is 0.496. The van der Waals surface area contributed by atoms with Crippen LogP contribution in [-0.2, 0) is 0 Å². The number of hydrogen-bond acceptors (Lipinski definition) is 3. The van der Waals surface area contributed by atoms with Gasteiger partial charge in [0.15, 0.2) is 11.6 Å². The Morgan fingerprint density at radius 2 is 2.00 bits per heavy atom. The molecule has 0 amide bonds. The molecule has 3 rings (SSSR count). The van der Waals surface area contributed by atoms with Crippen LogP contribution in [-0.4, -0.2) is 9.97 Å². The van der Waals surface area contributed by atoms with E-state index in [1.807, 2.05) is 26.0 Å². The topological polar surface area (TPSA) is 38.9 Å². The van der Waals surface area contributed by atoms with Gasteiger partial charge in [-0.3, -0.25) is 0 Å². The van der Waals surface area contributed by atoms with Crippen LogP contribution in [0.5, 0.6) is 0 Å². The molecule has 18 heavy (non-hydrogen) atoms. The number of furan rings is 1. The molecule has 94 valence electrons. The zero-order valence-electron chi connectivity index (χ0n) is 10.7. The zero-order valence-corrected chi connectivity index (χ0v) is 11.5. The lowest BCUT2D eigenvalue weighted by atomic mass is 10.2. The molecule has 2 aromatic rings. The molecule has 1 fully saturated rings. The van der Waals surface area contributed by atoms with E-state index in [0.717, 1.165) is 22.9 Å². The van der Waals surface area contributed by atoms with Gasteiger partial charge in [0, 0.05) is 17.2 Å². The number of aryl methyl sites for hydroxylation is 1. The van der Waals surface area contributed by atoms with Crippen molar-refractivity contribution >= 4 is 11.6 Å². The van der Waals surface area contributed by atoms with Crippen molar-refractivity contribution in [3.8, 4) is 11.6 Å². The second kappa shape index (κ2) is 4.09. The summed E-state index contributed by atoms with van der Waals surface area (Å²) in [4.78, 5) is 8.70. The van der Waals surface area contributed by atoms with Crippen LogP contribution >= 0.6 is 11.6 Å². The van der Waals surface area contributed by atoms with Gasteiger partial charge in [-0.2, -0.15) is 0 Å². The largest absolute Gasteiger partial charge is 0.457 e. The number of rotatable bonds is 2. The third kappa shape index (κ3) is 1.93. The summed E-state index contributed by atoms with van der Waals surface area (Å²) in [5, 5.41) is 0.496. The fourth-order valence-corrected chi connectivity index (χ4v) is 2.31. The van der Waals surface area contributed by atoms with E-state index in [9.17, 15) is 0 Å². The maximum absolute atomic E-state index is 6.08. The monoisotopic (exact) mass is 262 g/mol. The van der Waals surface area contributed by atoms with Gasteiger partial charge >= 0.3 is 0 Å². The van der Waals surface area contributed by atoms with Crippen molar-refractivity contribution in [3.05, 3.63) is 34.3 Å². The van der Waals surface area contributed by atoms with Crippen LogP contribution in [0.15, 0.2) is 16.5 Å². The first-order chi connectivity index (χ1) is 8.56. The number of hydrogen-bond donors (Lipinski definition) is 0. The number of halogens is 1. The van der Waals surface area contributed by atoms with Gasteiger partial charge in [0.05, 0.1) is 0 Å². The molecule has 4 heteroatoms. The Kier molecular flexibility index (Phi) is 2.67. The van der Waals surface area contributed by atoms with Crippen LogP contribution in [0.1, 0.15) is 36.3 Å². The molecule has 3 nitrogen and oxygen atoms in total. The van der Waals surface area contributed by atoms with E-state index in [2.05, 4.69) is 16.9 Å². The Bertz CT molecular complexity index is 583. The maximum atomic E-state index is 6.08. The Morgan fingerprint density at radius 3 is 2.61 bits per heavy atom. The van der Waals surface area contributed by atoms with Crippen LogP contribution in [0.3, 0.4) is 0 Å². The van der Waals surface area contributed by atoms with Crippen LogP contribution in [0.25, 0.3) is 11.6 Å². The molecule has 2 aromatic heterocycles. The lowest BCUT2D eigenvalue weighted by molar-refractivity contribution is 0.514. The molecule has 2 unspecified atom stereocenters. The lowest BCUT2D eigenvalue weighted by Crippen LogP contribution is -1.95. The Morgan fingerprint density at radius 1 is 1.28 bits per heavy atom. The van der Waals surface area contributed by atoms with E-state index in [1.54, 1.807) is 0 Å². The van der Waals surface area contributed by atoms with Gasteiger partial charge in [-0.25, -0.2) is 9.97 Å². The Labute approximate surface area is 111 Å². The number of nitrogens with zero attached hydrogens (tertiary/aromatic N) is 2. The van der Waals surface area contributed by atoms with E-state index < -0.39 is 0 Å². The van der Waals surface area contributed by atoms with Gasteiger partial charge in [-0.15, -0.1) is 0 Å². The van der Waals surface area contributed by atoms with Gasteiger partial charge in [0.1, 0.15) is 10.9 Å². The van der Waals surface area contributed by atoms with Crippen molar-refractivity contribution in [1.29, 1.82) is 0 Å². The Balaban J connectivity index is 1.97.